The first-order chi connectivity index (χ1) is 21.0. The van der Waals surface area contributed by atoms with Crippen molar-refractivity contribution in [3.05, 3.63) is 112 Å². The Bertz CT molecular complexity index is 1610. The number of carbonyl (C=O) groups is 3. The molecular formula is C36H36BrN3O3. The molecule has 0 bridgehead atoms. The van der Waals surface area contributed by atoms with Crippen molar-refractivity contribution in [1.82, 2.24) is 10.2 Å². The Morgan fingerprint density at radius 2 is 1.60 bits per heavy atom. The Morgan fingerprint density at radius 1 is 0.884 bits per heavy atom. The zero-order chi connectivity index (χ0) is 29.8. The highest BCUT2D eigenvalue weighted by molar-refractivity contribution is 9.10. The summed E-state index contributed by atoms with van der Waals surface area (Å²) in [6.07, 6.45) is 5.34. The normalized spacial score (nSPS) is 15.2. The minimum Gasteiger partial charge on any atom is -0.352 e. The van der Waals surface area contributed by atoms with Crippen molar-refractivity contribution in [1.29, 1.82) is 0 Å². The van der Waals surface area contributed by atoms with Crippen LogP contribution in [0.5, 0.6) is 0 Å². The van der Waals surface area contributed by atoms with E-state index in [-0.39, 0.29) is 30.2 Å². The summed E-state index contributed by atoms with van der Waals surface area (Å²) in [4.78, 5) is 44.8. The van der Waals surface area contributed by atoms with Crippen LogP contribution in [0.2, 0.25) is 0 Å². The standard InChI is InChI=1S/C36H36BrN3O3/c37-28-20-18-26(19-21-28)24-40(32(23-25-9-2-1-3-10-25)35(42)38-29-13-4-5-14-29)33(41)17-8-22-39-31-16-7-12-27-11-6-15-30(34(27)31)36(39)43/h1-3,6-7,9-12,15-16,18-21,29,32H,4-5,8,13-14,17,22-24H2,(H,38,42)/t32-/m1/s1. The van der Waals surface area contributed by atoms with E-state index in [1.165, 1.54) is 0 Å². The van der Waals surface area contributed by atoms with E-state index in [0.29, 0.717) is 31.5 Å². The van der Waals surface area contributed by atoms with Gasteiger partial charge in [0.2, 0.25) is 11.8 Å². The van der Waals surface area contributed by atoms with Gasteiger partial charge in [-0.1, -0.05) is 95.5 Å². The van der Waals surface area contributed by atoms with Crippen LogP contribution in [0.1, 0.15) is 60.0 Å². The van der Waals surface area contributed by atoms with Crippen molar-refractivity contribution >= 4 is 50.1 Å². The predicted octanol–water partition coefficient (Wildman–Crippen LogP) is 7.04. The van der Waals surface area contributed by atoms with E-state index >= 15 is 0 Å². The van der Waals surface area contributed by atoms with Crippen LogP contribution in [-0.2, 0) is 22.6 Å². The number of benzene rings is 4. The number of halogens is 1. The van der Waals surface area contributed by atoms with Crippen molar-refractivity contribution in [2.75, 3.05) is 11.4 Å². The van der Waals surface area contributed by atoms with Crippen LogP contribution < -0.4 is 10.2 Å². The highest BCUT2D eigenvalue weighted by atomic mass is 79.9. The van der Waals surface area contributed by atoms with Gasteiger partial charge >= 0.3 is 0 Å². The number of rotatable bonds is 11. The van der Waals surface area contributed by atoms with Crippen LogP contribution in [0.15, 0.2) is 95.5 Å². The molecule has 1 aliphatic carbocycles. The zero-order valence-corrected chi connectivity index (χ0v) is 25.8. The molecule has 1 atom stereocenters. The van der Waals surface area contributed by atoms with Crippen LogP contribution in [0.25, 0.3) is 10.8 Å². The molecule has 0 spiro atoms. The van der Waals surface area contributed by atoms with Crippen LogP contribution in [0.4, 0.5) is 5.69 Å². The number of nitrogens with one attached hydrogen (secondary N) is 1. The summed E-state index contributed by atoms with van der Waals surface area (Å²) < 4.78 is 0.959. The number of nitrogens with zero attached hydrogens (tertiary/aromatic N) is 2. The van der Waals surface area contributed by atoms with Gasteiger partial charge in [-0.15, -0.1) is 0 Å². The summed E-state index contributed by atoms with van der Waals surface area (Å²) >= 11 is 3.50. The zero-order valence-electron chi connectivity index (χ0n) is 24.2. The molecule has 4 aromatic rings. The van der Waals surface area contributed by atoms with Crippen molar-refractivity contribution in [3.63, 3.8) is 0 Å². The second kappa shape index (κ2) is 13.1. The molecule has 0 aromatic heterocycles. The van der Waals surface area contributed by atoms with Crippen LogP contribution >= 0.6 is 15.9 Å². The van der Waals surface area contributed by atoms with Gasteiger partial charge in [0.15, 0.2) is 0 Å². The van der Waals surface area contributed by atoms with Gasteiger partial charge in [0.25, 0.3) is 5.91 Å². The molecule has 3 amide bonds. The first kappa shape index (κ1) is 29.1. The SMILES string of the molecule is O=C(NC1CCCC1)[C@@H](Cc1ccccc1)N(Cc1ccc(Br)cc1)C(=O)CCCN1C(=O)c2cccc3cccc1c23. The summed E-state index contributed by atoms with van der Waals surface area (Å²) in [6, 6.07) is 29.1. The Balaban J connectivity index is 1.23. The second-order valence-electron chi connectivity index (χ2n) is 11.6. The van der Waals surface area contributed by atoms with Crippen molar-refractivity contribution in [3.8, 4) is 0 Å². The monoisotopic (exact) mass is 637 g/mol. The molecule has 6 nitrogen and oxygen atoms in total. The molecule has 43 heavy (non-hydrogen) atoms. The second-order valence-corrected chi connectivity index (χ2v) is 12.5. The Kier molecular flexibility index (Phi) is 8.89. The highest BCUT2D eigenvalue weighted by Crippen LogP contribution is 2.37. The third-order valence-electron chi connectivity index (χ3n) is 8.66. The topological polar surface area (TPSA) is 69.7 Å². The van der Waals surface area contributed by atoms with Gasteiger partial charge in [0.1, 0.15) is 6.04 Å². The van der Waals surface area contributed by atoms with E-state index in [9.17, 15) is 14.4 Å². The lowest BCUT2D eigenvalue weighted by Gasteiger charge is -2.32. The van der Waals surface area contributed by atoms with E-state index in [1.807, 2.05) is 91.0 Å². The molecule has 2 aliphatic rings. The third kappa shape index (κ3) is 6.52. The van der Waals surface area contributed by atoms with Crippen LogP contribution in [0, 0.1) is 0 Å². The minimum atomic E-state index is -0.648. The molecular weight excluding hydrogens is 602 g/mol. The fraction of sp³-hybridized carbons (Fsp3) is 0.306. The number of hydrogen-bond donors (Lipinski definition) is 1. The molecule has 6 rings (SSSR count). The van der Waals surface area contributed by atoms with Crippen LogP contribution in [0.3, 0.4) is 0 Å². The lowest BCUT2D eigenvalue weighted by Crippen LogP contribution is -2.52. The summed E-state index contributed by atoms with van der Waals surface area (Å²) in [5.41, 5.74) is 3.58. The van der Waals surface area contributed by atoms with Crippen LogP contribution in [-0.4, -0.2) is 41.2 Å². The Labute approximate surface area is 261 Å². The number of carbonyl (C=O) groups excluding carboxylic acids is 3. The lowest BCUT2D eigenvalue weighted by atomic mass is 10.0. The van der Waals surface area contributed by atoms with Crippen molar-refractivity contribution in [2.24, 2.45) is 0 Å². The van der Waals surface area contributed by atoms with Crippen molar-refractivity contribution < 1.29 is 14.4 Å². The molecule has 1 saturated carbocycles. The molecule has 0 saturated heterocycles. The van der Waals surface area contributed by atoms with Crippen molar-refractivity contribution in [2.45, 2.75) is 63.6 Å². The molecule has 1 N–H and O–H groups in total. The highest BCUT2D eigenvalue weighted by Gasteiger charge is 2.33. The maximum absolute atomic E-state index is 14.1. The van der Waals surface area contributed by atoms with Gasteiger partial charge in [-0.3, -0.25) is 14.4 Å². The summed E-state index contributed by atoms with van der Waals surface area (Å²) in [6.45, 7) is 0.761. The first-order valence-electron chi connectivity index (χ1n) is 15.2. The number of amides is 3. The molecule has 7 heteroatoms. The van der Waals surface area contributed by atoms with Gasteiger partial charge in [-0.2, -0.15) is 0 Å². The Morgan fingerprint density at radius 3 is 2.35 bits per heavy atom. The molecule has 1 fully saturated rings. The van der Waals surface area contributed by atoms with Gasteiger partial charge in [0, 0.05) is 47.4 Å². The van der Waals surface area contributed by atoms with Gasteiger partial charge < -0.3 is 15.1 Å². The molecule has 1 heterocycles. The third-order valence-corrected chi connectivity index (χ3v) is 9.19. The fourth-order valence-corrected chi connectivity index (χ4v) is 6.71. The first-order valence-corrected chi connectivity index (χ1v) is 16.0. The number of hydrogen-bond acceptors (Lipinski definition) is 3. The average Bonchev–Trinajstić information content (AvgIpc) is 3.63. The van der Waals surface area contributed by atoms with Gasteiger partial charge in [-0.05, 0) is 60.0 Å². The minimum absolute atomic E-state index is 0.0242. The van der Waals surface area contributed by atoms with E-state index in [4.69, 9.17) is 0 Å². The quantitative estimate of drug-likeness (QED) is 0.192. The van der Waals surface area contributed by atoms with E-state index in [0.717, 1.165) is 57.7 Å². The molecule has 1 aliphatic heterocycles. The molecule has 220 valence electrons. The summed E-state index contributed by atoms with van der Waals surface area (Å²) in [7, 11) is 0. The van der Waals surface area contributed by atoms with E-state index < -0.39 is 6.04 Å². The van der Waals surface area contributed by atoms with Gasteiger partial charge in [-0.25, -0.2) is 0 Å². The predicted molar refractivity (Wildman–Crippen MR) is 174 cm³/mol. The average molecular weight is 639 g/mol. The maximum atomic E-state index is 14.1. The van der Waals surface area contributed by atoms with Gasteiger partial charge in [0.05, 0.1) is 5.69 Å². The Hall–Kier alpha value is -3.97. The molecule has 4 aromatic carbocycles. The summed E-state index contributed by atoms with van der Waals surface area (Å²) in [5.74, 6) is -0.213. The fourth-order valence-electron chi connectivity index (χ4n) is 6.44. The number of anilines is 1. The maximum Gasteiger partial charge on any atom is 0.258 e. The molecule has 0 unspecified atom stereocenters. The largest absolute Gasteiger partial charge is 0.352 e. The van der Waals surface area contributed by atoms with E-state index in [2.05, 4.69) is 21.2 Å². The van der Waals surface area contributed by atoms with E-state index in [1.54, 1.807) is 9.80 Å². The lowest BCUT2D eigenvalue weighted by molar-refractivity contribution is -0.141. The molecule has 0 radical (unpaired) electrons. The summed E-state index contributed by atoms with van der Waals surface area (Å²) in [5, 5.41) is 5.28. The smallest absolute Gasteiger partial charge is 0.258 e.